The fraction of sp³-hybridized carbons (Fsp3) is 0.529. The molecule has 0 bridgehead atoms. The van der Waals surface area contributed by atoms with Gasteiger partial charge < -0.3 is 14.6 Å². The minimum absolute atomic E-state index is 0.903. The van der Waals surface area contributed by atoms with E-state index in [1.807, 2.05) is 18.4 Å². The average Bonchev–Trinajstić information content (AvgIpc) is 2.89. The van der Waals surface area contributed by atoms with Gasteiger partial charge in [0, 0.05) is 17.5 Å². The Kier molecular flexibility index (Phi) is 4.38. The van der Waals surface area contributed by atoms with E-state index in [4.69, 9.17) is 4.42 Å². The maximum absolute atomic E-state index is 5.56. The van der Waals surface area contributed by atoms with Gasteiger partial charge in [-0.05, 0) is 57.9 Å². The third-order valence-electron chi connectivity index (χ3n) is 4.44. The maximum atomic E-state index is 5.56. The van der Waals surface area contributed by atoms with Gasteiger partial charge in [-0.1, -0.05) is 18.2 Å². The van der Waals surface area contributed by atoms with E-state index in [2.05, 4.69) is 29.4 Å². The molecule has 0 radical (unpaired) electrons. The summed E-state index contributed by atoms with van der Waals surface area (Å²) in [5.41, 5.74) is 2.25. The normalized spacial score (nSPS) is 17.9. The molecule has 0 saturated carbocycles. The van der Waals surface area contributed by atoms with E-state index in [-0.39, 0.29) is 0 Å². The second-order valence-corrected chi connectivity index (χ2v) is 5.97. The molecule has 108 valence electrons. The number of para-hydroxylation sites is 1. The summed E-state index contributed by atoms with van der Waals surface area (Å²) in [6, 6.07) is 8.24. The number of fused-ring (bicyclic) bond motifs is 1. The second kappa shape index (κ2) is 6.42. The molecule has 1 aromatic heterocycles. The van der Waals surface area contributed by atoms with Crippen LogP contribution in [0.15, 0.2) is 34.9 Å². The molecular formula is C17H24N2O. The van der Waals surface area contributed by atoms with Crippen molar-refractivity contribution in [2.75, 3.05) is 26.7 Å². The number of furan rings is 1. The predicted octanol–water partition coefficient (Wildman–Crippen LogP) is 3.25. The SMILES string of the molecule is CN1CCC(CCNCc2coc3ccccc23)CC1. The van der Waals surface area contributed by atoms with Crippen LogP contribution in [0.5, 0.6) is 0 Å². The molecule has 0 spiro atoms. The first-order valence-electron chi connectivity index (χ1n) is 7.67. The van der Waals surface area contributed by atoms with Crippen LogP contribution in [0.4, 0.5) is 0 Å². The lowest BCUT2D eigenvalue weighted by Crippen LogP contribution is -2.31. The molecule has 0 atom stereocenters. The lowest BCUT2D eigenvalue weighted by molar-refractivity contribution is 0.211. The van der Waals surface area contributed by atoms with Crippen LogP contribution in [0.1, 0.15) is 24.8 Å². The standard InChI is InChI=1S/C17H24N2O/c1-19-10-7-14(8-11-19)6-9-18-12-15-13-20-17-5-3-2-4-16(15)17/h2-5,13-14,18H,6-12H2,1H3. The van der Waals surface area contributed by atoms with Gasteiger partial charge in [0.2, 0.25) is 0 Å². The minimum atomic E-state index is 0.903. The van der Waals surface area contributed by atoms with Crippen LogP contribution in [-0.4, -0.2) is 31.6 Å². The first kappa shape index (κ1) is 13.7. The number of rotatable bonds is 5. The van der Waals surface area contributed by atoms with Crippen LogP contribution in [0.2, 0.25) is 0 Å². The molecule has 1 fully saturated rings. The number of benzene rings is 1. The van der Waals surface area contributed by atoms with Crippen molar-refractivity contribution >= 4 is 11.0 Å². The summed E-state index contributed by atoms with van der Waals surface area (Å²) >= 11 is 0. The van der Waals surface area contributed by atoms with Gasteiger partial charge in [0.1, 0.15) is 5.58 Å². The van der Waals surface area contributed by atoms with Gasteiger partial charge in [0.05, 0.1) is 6.26 Å². The first-order chi connectivity index (χ1) is 9.83. The average molecular weight is 272 g/mol. The van der Waals surface area contributed by atoms with Crippen LogP contribution in [0.3, 0.4) is 0 Å². The Hall–Kier alpha value is -1.32. The largest absolute Gasteiger partial charge is 0.464 e. The molecule has 3 rings (SSSR count). The monoisotopic (exact) mass is 272 g/mol. The Morgan fingerprint density at radius 3 is 2.90 bits per heavy atom. The lowest BCUT2D eigenvalue weighted by atomic mass is 9.94. The molecule has 0 amide bonds. The van der Waals surface area contributed by atoms with E-state index in [1.165, 1.54) is 43.3 Å². The quantitative estimate of drug-likeness (QED) is 0.847. The van der Waals surface area contributed by atoms with Gasteiger partial charge in [-0.25, -0.2) is 0 Å². The van der Waals surface area contributed by atoms with Gasteiger partial charge in [-0.15, -0.1) is 0 Å². The van der Waals surface area contributed by atoms with Crippen molar-refractivity contribution in [1.29, 1.82) is 0 Å². The number of nitrogens with zero attached hydrogens (tertiary/aromatic N) is 1. The smallest absolute Gasteiger partial charge is 0.134 e. The molecular weight excluding hydrogens is 248 g/mol. The van der Waals surface area contributed by atoms with Gasteiger partial charge in [-0.2, -0.15) is 0 Å². The molecule has 3 nitrogen and oxygen atoms in total. The number of piperidine rings is 1. The molecule has 0 unspecified atom stereocenters. The highest BCUT2D eigenvalue weighted by Gasteiger charge is 2.15. The molecule has 0 aliphatic carbocycles. The maximum Gasteiger partial charge on any atom is 0.134 e. The highest BCUT2D eigenvalue weighted by molar-refractivity contribution is 5.80. The Labute approximate surface area is 120 Å². The third kappa shape index (κ3) is 3.22. The number of hydrogen-bond acceptors (Lipinski definition) is 3. The minimum Gasteiger partial charge on any atom is -0.464 e. The summed E-state index contributed by atoms with van der Waals surface area (Å²) in [4.78, 5) is 2.43. The van der Waals surface area contributed by atoms with E-state index in [9.17, 15) is 0 Å². The summed E-state index contributed by atoms with van der Waals surface area (Å²) in [6.45, 7) is 4.53. The van der Waals surface area contributed by atoms with Gasteiger partial charge in [0.25, 0.3) is 0 Å². The predicted molar refractivity (Wildman–Crippen MR) is 82.8 cm³/mol. The van der Waals surface area contributed by atoms with Crippen molar-refractivity contribution in [1.82, 2.24) is 10.2 Å². The molecule has 2 heterocycles. The van der Waals surface area contributed by atoms with Gasteiger partial charge >= 0.3 is 0 Å². The fourth-order valence-electron chi connectivity index (χ4n) is 3.05. The molecule has 1 saturated heterocycles. The zero-order valence-electron chi connectivity index (χ0n) is 12.3. The summed E-state index contributed by atoms with van der Waals surface area (Å²) in [6.07, 6.45) is 5.89. The van der Waals surface area contributed by atoms with Crippen molar-refractivity contribution in [3.8, 4) is 0 Å². The molecule has 1 aliphatic rings. The summed E-state index contributed by atoms with van der Waals surface area (Å²) in [5.74, 6) is 0.903. The van der Waals surface area contributed by atoms with Crippen molar-refractivity contribution in [2.45, 2.75) is 25.8 Å². The number of likely N-dealkylation sites (tertiary alicyclic amines) is 1. The summed E-state index contributed by atoms with van der Waals surface area (Å²) in [7, 11) is 2.22. The Morgan fingerprint density at radius 1 is 1.25 bits per heavy atom. The van der Waals surface area contributed by atoms with Crippen LogP contribution in [0.25, 0.3) is 11.0 Å². The number of nitrogens with one attached hydrogen (secondary N) is 1. The van der Waals surface area contributed by atoms with Crippen LogP contribution >= 0.6 is 0 Å². The highest BCUT2D eigenvalue weighted by Crippen LogP contribution is 2.21. The molecule has 3 heteroatoms. The Bertz CT molecular complexity index is 541. The lowest BCUT2D eigenvalue weighted by Gasteiger charge is -2.28. The van der Waals surface area contributed by atoms with E-state index in [1.54, 1.807) is 0 Å². The summed E-state index contributed by atoms with van der Waals surface area (Å²) in [5, 5.41) is 4.80. The van der Waals surface area contributed by atoms with Crippen LogP contribution < -0.4 is 5.32 Å². The highest BCUT2D eigenvalue weighted by atomic mass is 16.3. The summed E-state index contributed by atoms with van der Waals surface area (Å²) < 4.78 is 5.56. The zero-order valence-corrected chi connectivity index (χ0v) is 12.3. The van der Waals surface area contributed by atoms with Gasteiger partial charge in [0.15, 0.2) is 0 Å². The van der Waals surface area contributed by atoms with Crippen LogP contribution in [0, 0.1) is 5.92 Å². The van der Waals surface area contributed by atoms with Gasteiger partial charge in [-0.3, -0.25) is 0 Å². The number of hydrogen-bond donors (Lipinski definition) is 1. The van der Waals surface area contributed by atoms with Crippen LogP contribution in [-0.2, 0) is 6.54 Å². The molecule has 1 aromatic carbocycles. The fourth-order valence-corrected chi connectivity index (χ4v) is 3.05. The van der Waals surface area contributed by atoms with Crippen molar-refractivity contribution < 1.29 is 4.42 Å². The third-order valence-corrected chi connectivity index (χ3v) is 4.44. The van der Waals surface area contributed by atoms with E-state index >= 15 is 0 Å². The van der Waals surface area contributed by atoms with E-state index < -0.39 is 0 Å². The van der Waals surface area contributed by atoms with E-state index in [0.29, 0.717) is 0 Å². The van der Waals surface area contributed by atoms with E-state index in [0.717, 1.165) is 24.6 Å². The topological polar surface area (TPSA) is 28.4 Å². The molecule has 1 aliphatic heterocycles. The molecule has 1 N–H and O–H groups in total. The molecule has 2 aromatic rings. The van der Waals surface area contributed by atoms with Crippen molar-refractivity contribution in [3.05, 3.63) is 36.1 Å². The van der Waals surface area contributed by atoms with Crippen molar-refractivity contribution in [2.24, 2.45) is 5.92 Å². The first-order valence-corrected chi connectivity index (χ1v) is 7.67. The zero-order chi connectivity index (χ0) is 13.8. The Morgan fingerprint density at radius 2 is 2.05 bits per heavy atom. The van der Waals surface area contributed by atoms with Crippen molar-refractivity contribution in [3.63, 3.8) is 0 Å². The molecule has 20 heavy (non-hydrogen) atoms. The Balaban J connectivity index is 1.44. The second-order valence-electron chi connectivity index (χ2n) is 5.97.